The van der Waals surface area contributed by atoms with E-state index in [1.54, 1.807) is 4.68 Å². The molecule has 2 heterocycles. The van der Waals surface area contributed by atoms with Gasteiger partial charge < -0.3 is 5.11 Å². The highest BCUT2D eigenvalue weighted by molar-refractivity contribution is 5.25. The molecule has 5 heteroatoms. The van der Waals surface area contributed by atoms with Crippen LogP contribution in [0, 0.1) is 13.8 Å². The van der Waals surface area contributed by atoms with Gasteiger partial charge in [-0.05, 0) is 25.5 Å². The fourth-order valence-corrected chi connectivity index (χ4v) is 2.23. The fraction of sp³-hybridized carbons (Fsp3) is 0.538. The van der Waals surface area contributed by atoms with Gasteiger partial charge in [0.05, 0.1) is 17.5 Å². The molecule has 0 spiro atoms. The van der Waals surface area contributed by atoms with Gasteiger partial charge in [0.2, 0.25) is 0 Å². The lowest BCUT2D eigenvalue weighted by Gasteiger charge is -2.09. The van der Waals surface area contributed by atoms with Gasteiger partial charge in [-0.2, -0.15) is 10.2 Å². The van der Waals surface area contributed by atoms with Crippen LogP contribution in [0.4, 0.5) is 0 Å². The summed E-state index contributed by atoms with van der Waals surface area (Å²) >= 11 is 0. The Morgan fingerprint density at radius 2 is 1.94 bits per heavy atom. The minimum Gasteiger partial charge on any atom is -0.392 e. The lowest BCUT2D eigenvalue weighted by molar-refractivity contribution is 0.173. The van der Waals surface area contributed by atoms with Crippen LogP contribution in [0.25, 0.3) is 0 Å². The number of nitrogens with zero attached hydrogens (tertiary/aromatic N) is 4. The number of hydrogen-bond donors (Lipinski definition) is 1. The summed E-state index contributed by atoms with van der Waals surface area (Å²) in [6, 6.07) is 1.94. The van der Waals surface area contributed by atoms with E-state index in [-0.39, 0.29) is 0 Å². The number of aryl methyl sites for hydroxylation is 3. The molecule has 98 valence electrons. The molecule has 1 N–H and O–H groups in total. The van der Waals surface area contributed by atoms with E-state index in [1.807, 2.05) is 44.9 Å². The molecular formula is C13H20N4O. The summed E-state index contributed by atoms with van der Waals surface area (Å²) in [5.41, 5.74) is 4.17. The third-order valence-corrected chi connectivity index (χ3v) is 3.31. The maximum atomic E-state index is 10.1. The molecular weight excluding hydrogens is 228 g/mol. The van der Waals surface area contributed by atoms with E-state index in [1.165, 1.54) is 0 Å². The minimum absolute atomic E-state index is 0.415. The van der Waals surface area contributed by atoms with Gasteiger partial charge in [-0.25, -0.2) is 0 Å². The predicted molar refractivity (Wildman–Crippen MR) is 69.3 cm³/mol. The van der Waals surface area contributed by atoms with Crippen molar-refractivity contribution < 1.29 is 5.11 Å². The number of aromatic nitrogens is 4. The highest BCUT2D eigenvalue weighted by Gasteiger charge is 2.15. The van der Waals surface area contributed by atoms with Crippen LogP contribution >= 0.6 is 0 Å². The topological polar surface area (TPSA) is 55.9 Å². The van der Waals surface area contributed by atoms with Crippen molar-refractivity contribution in [1.82, 2.24) is 19.6 Å². The molecule has 0 radical (unpaired) electrons. The van der Waals surface area contributed by atoms with E-state index in [9.17, 15) is 5.11 Å². The van der Waals surface area contributed by atoms with Crippen LogP contribution in [0.1, 0.15) is 22.6 Å². The zero-order valence-corrected chi connectivity index (χ0v) is 11.4. The SMILES string of the molecule is Cc1nn(C)c(C)c1CC(O)Cc1ccn(C)n1. The van der Waals surface area contributed by atoms with Crippen LogP contribution in [-0.4, -0.2) is 30.8 Å². The van der Waals surface area contributed by atoms with Crippen molar-refractivity contribution in [2.75, 3.05) is 0 Å². The molecule has 0 aliphatic rings. The first-order valence-electron chi connectivity index (χ1n) is 6.13. The summed E-state index contributed by atoms with van der Waals surface area (Å²) in [4.78, 5) is 0. The second-order valence-corrected chi connectivity index (χ2v) is 4.82. The van der Waals surface area contributed by atoms with Crippen LogP contribution in [0.3, 0.4) is 0 Å². The standard InChI is InChI=1S/C13H20N4O/c1-9-13(10(2)17(4)14-9)8-12(18)7-11-5-6-16(3)15-11/h5-6,12,18H,7-8H2,1-4H3. The molecule has 0 saturated heterocycles. The first kappa shape index (κ1) is 12.8. The molecule has 0 bridgehead atoms. The lowest BCUT2D eigenvalue weighted by atomic mass is 10.0. The van der Waals surface area contributed by atoms with Crippen molar-refractivity contribution >= 4 is 0 Å². The Balaban J connectivity index is 2.05. The zero-order valence-electron chi connectivity index (χ0n) is 11.4. The molecule has 2 aromatic rings. The van der Waals surface area contributed by atoms with Gasteiger partial charge in [0, 0.05) is 38.8 Å². The average molecular weight is 248 g/mol. The zero-order chi connectivity index (χ0) is 13.3. The largest absolute Gasteiger partial charge is 0.392 e. The summed E-state index contributed by atoms with van der Waals surface area (Å²) < 4.78 is 3.61. The van der Waals surface area contributed by atoms with Gasteiger partial charge in [-0.1, -0.05) is 0 Å². The quantitative estimate of drug-likeness (QED) is 0.875. The number of aliphatic hydroxyl groups is 1. The monoisotopic (exact) mass is 248 g/mol. The minimum atomic E-state index is -0.415. The molecule has 0 fully saturated rings. The molecule has 1 unspecified atom stereocenters. The Bertz CT molecular complexity index is 541. The summed E-state index contributed by atoms with van der Waals surface area (Å²) in [6.45, 7) is 4.01. The van der Waals surface area contributed by atoms with Gasteiger partial charge in [0.25, 0.3) is 0 Å². The predicted octanol–water partition coefficient (Wildman–Crippen LogP) is 0.917. The molecule has 5 nitrogen and oxygen atoms in total. The van der Waals surface area contributed by atoms with E-state index < -0.39 is 6.10 Å². The van der Waals surface area contributed by atoms with Crippen LogP contribution in [0.5, 0.6) is 0 Å². The van der Waals surface area contributed by atoms with Crippen molar-refractivity contribution in [2.45, 2.75) is 32.8 Å². The van der Waals surface area contributed by atoms with Crippen LogP contribution in [0.15, 0.2) is 12.3 Å². The van der Waals surface area contributed by atoms with Crippen molar-refractivity contribution in [3.05, 3.63) is 34.9 Å². The molecule has 2 rings (SSSR count). The van der Waals surface area contributed by atoms with Gasteiger partial charge in [-0.3, -0.25) is 9.36 Å². The highest BCUT2D eigenvalue weighted by atomic mass is 16.3. The van der Waals surface area contributed by atoms with Crippen molar-refractivity contribution in [2.24, 2.45) is 14.1 Å². The molecule has 0 saturated carbocycles. The van der Waals surface area contributed by atoms with Crippen molar-refractivity contribution in [3.8, 4) is 0 Å². The van der Waals surface area contributed by atoms with Gasteiger partial charge in [0.1, 0.15) is 0 Å². The third kappa shape index (κ3) is 2.61. The molecule has 0 aliphatic heterocycles. The lowest BCUT2D eigenvalue weighted by Crippen LogP contribution is -2.15. The Morgan fingerprint density at radius 1 is 1.22 bits per heavy atom. The van der Waals surface area contributed by atoms with Crippen LogP contribution < -0.4 is 0 Å². The number of hydrogen-bond acceptors (Lipinski definition) is 3. The third-order valence-electron chi connectivity index (χ3n) is 3.31. The van der Waals surface area contributed by atoms with Crippen molar-refractivity contribution in [3.63, 3.8) is 0 Å². The van der Waals surface area contributed by atoms with Crippen LogP contribution in [-0.2, 0) is 26.9 Å². The molecule has 0 amide bonds. The Kier molecular flexibility index (Phi) is 3.52. The summed E-state index contributed by atoms with van der Waals surface area (Å²) in [5.74, 6) is 0. The van der Waals surface area contributed by atoms with E-state index >= 15 is 0 Å². The Hall–Kier alpha value is -1.62. The molecule has 0 aromatic carbocycles. The molecule has 0 aliphatic carbocycles. The number of aliphatic hydroxyl groups excluding tert-OH is 1. The molecule has 2 aromatic heterocycles. The second kappa shape index (κ2) is 4.94. The average Bonchev–Trinajstić information content (AvgIpc) is 2.78. The van der Waals surface area contributed by atoms with E-state index in [2.05, 4.69) is 10.2 Å². The summed E-state index contributed by atoms with van der Waals surface area (Å²) in [5, 5.41) is 18.8. The van der Waals surface area contributed by atoms with E-state index in [0.29, 0.717) is 12.8 Å². The van der Waals surface area contributed by atoms with Gasteiger partial charge in [-0.15, -0.1) is 0 Å². The Labute approximate surface area is 107 Å². The fourth-order valence-electron chi connectivity index (χ4n) is 2.23. The number of rotatable bonds is 4. The van der Waals surface area contributed by atoms with E-state index in [4.69, 9.17) is 0 Å². The molecule has 18 heavy (non-hydrogen) atoms. The molecule has 1 atom stereocenters. The van der Waals surface area contributed by atoms with Gasteiger partial charge >= 0.3 is 0 Å². The smallest absolute Gasteiger partial charge is 0.0650 e. The maximum Gasteiger partial charge on any atom is 0.0650 e. The summed E-state index contributed by atoms with van der Waals surface area (Å²) in [7, 11) is 3.81. The second-order valence-electron chi connectivity index (χ2n) is 4.82. The van der Waals surface area contributed by atoms with Crippen LogP contribution in [0.2, 0.25) is 0 Å². The first-order valence-corrected chi connectivity index (χ1v) is 6.13. The maximum absolute atomic E-state index is 10.1. The highest BCUT2D eigenvalue weighted by Crippen LogP contribution is 2.15. The summed E-state index contributed by atoms with van der Waals surface area (Å²) in [6.07, 6.45) is 2.68. The Morgan fingerprint density at radius 3 is 2.44 bits per heavy atom. The first-order chi connectivity index (χ1) is 8.47. The van der Waals surface area contributed by atoms with Crippen molar-refractivity contribution in [1.29, 1.82) is 0 Å². The van der Waals surface area contributed by atoms with E-state index in [0.717, 1.165) is 22.6 Å². The normalized spacial score (nSPS) is 12.9. The van der Waals surface area contributed by atoms with Gasteiger partial charge in [0.15, 0.2) is 0 Å².